The molecule has 0 fully saturated rings. The molecule has 0 aromatic carbocycles. The molecule has 0 atom stereocenters. The molecule has 14 heavy (non-hydrogen) atoms. The van der Waals surface area contributed by atoms with Crippen LogP contribution in [0.2, 0.25) is 5.15 Å². The molecular formula is C10H12ClN3. The van der Waals surface area contributed by atoms with E-state index in [0.717, 1.165) is 16.7 Å². The lowest BCUT2D eigenvalue weighted by molar-refractivity contribution is 0.724. The highest BCUT2D eigenvalue weighted by Crippen LogP contribution is 2.24. The smallest absolute Gasteiger partial charge is 0.159 e. The fourth-order valence-electron chi connectivity index (χ4n) is 1.56. The van der Waals surface area contributed by atoms with Gasteiger partial charge in [-0.05, 0) is 18.1 Å². The van der Waals surface area contributed by atoms with Crippen molar-refractivity contribution in [2.45, 2.75) is 19.8 Å². The van der Waals surface area contributed by atoms with Gasteiger partial charge in [0.1, 0.15) is 5.15 Å². The average Bonchev–Trinajstić information content (AvgIpc) is 2.44. The summed E-state index contributed by atoms with van der Waals surface area (Å²) in [6.45, 7) is 4.24. The van der Waals surface area contributed by atoms with Crippen LogP contribution in [0.3, 0.4) is 0 Å². The predicted molar refractivity (Wildman–Crippen MR) is 57.6 cm³/mol. The van der Waals surface area contributed by atoms with E-state index in [1.807, 2.05) is 13.1 Å². The fourth-order valence-corrected chi connectivity index (χ4v) is 1.70. The van der Waals surface area contributed by atoms with Crippen LogP contribution in [0.5, 0.6) is 0 Å². The quantitative estimate of drug-likeness (QED) is 0.677. The summed E-state index contributed by atoms with van der Waals surface area (Å²) in [4.78, 5) is 4.24. The Bertz CT molecular complexity index is 473. The number of aryl methyl sites for hydroxylation is 1. The van der Waals surface area contributed by atoms with E-state index in [9.17, 15) is 0 Å². The van der Waals surface area contributed by atoms with Crippen LogP contribution < -0.4 is 0 Å². The van der Waals surface area contributed by atoms with Crippen LogP contribution in [0.25, 0.3) is 11.0 Å². The Morgan fingerprint density at radius 1 is 1.36 bits per heavy atom. The number of hydrogen-bond acceptors (Lipinski definition) is 2. The van der Waals surface area contributed by atoms with Crippen LogP contribution in [-0.2, 0) is 7.05 Å². The fraction of sp³-hybridized carbons (Fsp3) is 0.400. The number of aromatic nitrogens is 3. The molecule has 2 heterocycles. The van der Waals surface area contributed by atoms with Gasteiger partial charge in [0.2, 0.25) is 0 Å². The Kier molecular flexibility index (Phi) is 2.19. The lowest BCUT2D eigenvalue weighted by Gasteiger charge is -1.98. The van der Waals surface area contributed by atoms with Gasteiger partial charge in [-0.2, -0.15) is 5.10 Å². The second-order valence-electron chi connectivity index (χ2n) is 3.67. The van der Waals surface area contributed by atoms with E-state index in [1.165, 1.54) is 0 Å². The Balaban J connectivity index is 2.77. The summed E-state index contributed by atoms with van der Waals surface area (Å²) in [7, 11) is 1.89. The Hall–Kier alpha value is -1.09. The van der Waals surface area contributed by atoms with Gasteiger partial charge < -0.3 is 0 Å². The minimum atomic E-state index is 0.404. The molecule has 0 unspecified atom stereocenters. The van der Waals surface area contributed by atoms with Crippen LogP contribution in [-0.4, -0.2) is 14.8 Å². The van der Waals surface area contributed by atoms with Gasteiger partial charge in [-0.25, -0.2) is 4.98 Å². The van der Waals surface area contributed by atoms with E-state index >= 15 is 0 Å². The highest BCUT2D eigenvalue weighted by atomic mass is 35.5. The molecule has 0 aliphatic carbocycles. The molecular weight excluding hydrogens is 198 g/mol. The first-order valence-electron chi connectivity index (χ1n) is 4.58. The van der Waals surface area contributed by atoms with Crippen molar-refractivity contribution in [3.8, 4) is 0 Å². The Morgan fingerprint density at radius 3 is 2.71 bits per heavy atom. The number of halogens is 1. The topological polar surface area (TPSA) is 30.7 Å². The van der Waals surface area contributed by atoms with Crippen LogP contribution >= 0.6 is 11.6 Å². The van der Waals surface area contributed by atoms with Gasteiger partial charge in [0.15, 0.2) is 5.65 Å². The van der Waals surface area contributed by atoms with Crippen molar-refractivity contribution >= 4 is 22.6 Å². The van der Waals surface area contributed by atoms with Crippen LogP contribution in [0.1, 0.15) is 25.5 Å². The minimum absolute atomic E-state index is 0.404. The van der Waals surface area contributed by atoms with E-state index in [-0.39, 0.29) is 0 Å². The lowest BCUT2D eigenvalue weighted by atomic mass is 10.1. The zero-order chi connectivity index (χ0) is 10.3. The number of nitrogens with zero attached hydrogens (tertiary/aromatic N) is 3. The standard InChI is InChI=1S/C10H12ClN3/c1-6(2)9-7-4-5-8(11)12-10(7)14(3)13-9/h4-6H,1-3H3. The van der Waals surface area contributed by atoms with Gasteiger partial charge >= 0.3 is 0 Å². The largest absolute Gasteiger partial charge is 0.250 e. The minimum Gasteiger partial charge on any atom is -0.250 e. The Morgan fingerprint density at radius 2 is 2.07 bits per heavy atom. The third kappa shape index (κ3) is 1.38. The van der Waals surface area contributed by atoms with Gasteiger partial charge in [0.25, 0.3) is 0 Å². The molecule has 0 amide bonds. The molecule has 0 aliphatic rings. The van der Waals surface area contributed by atoms with Gasteiger partial charge in [0, 0.05) is 12.4 Å². The molecule has 74 valence electrons. The lowest BCUT2D eigenvalue weighted by Crippen LogP contribution is -1.93. The molecule has 0 bridgehead atoms. The summed E-state index contributed by atoms with van der Waals surface area (Å²) >= 11 is 5.83. The molecule has 0 aliphatic heterocycles. The van der Waals surface area contributed by atoms with Crippen molar-refractivity contribution in [1.82, 2.24) is 14.8 Å². The first-order valence-corrected chi connectivity index (χ1v) is 4.96. The average molecular weight is 210 g/mol. The summed E-state index contributed by atoms with van der Waals surface area (Å²) in [5.74, 6) is 0.404. The second-order valence-corrected chi connectivity index (χ2v) is 4.06. The summed E-state index contributed by atoms with van der Waals surface area (Å²) < 4.78 is 1.77. The van der Waals surface area contributed by atoms with Crippen LogP contribution in [0, 0.1) is 0 Å². The van der Waals surface area contributed by atoms with E-state index in [2.05, 4.69) is 23.9 Å². The molecule has 2 rings (SSSR count). The first-order chi connectivity index (χ1) is 6.59. The van der Waals surface area contributed by atoms with Gasteiger partial charge in [-0.1, -0.05) is 25.4 Å². The second kappa shape index (κ2) is 3.24. The maximum Gasteiger partial charge on any atom is 0.159 e. The monoisotopic (exact) mass is 209 g/mol. The number of rotatable bonds is 1. The molecule has 0 N–H and O–H groups in total. The Labute approximate surface area is 87.7 Å². The van der Waals surface area contributed by atoms with Gasteiger partial charge in [-0.3, -0.25) is 4.68 Å². The molecule has 0 radical (unpaired) electrons. The van der Waals surface area contributed by atoms with Crippen LogP contribution in [0.4, 0.5) is 0 Å². The summed E-state index contributed by atoms with van der Waals surface area (Å²) in [5, 5.41) is 6.03. The molecule has 0 saturated carbocycles. The molecule has 3 nitrogen and oxygen atoms in total. The van der Waals surface area contributed by atoms with Crippen molar-refractivity contribution in [3.63, 3.8) is 0 Å². The summed E-state index contributed by atoms with van der Waals surface area (Å²) in [5.41, 5.74) is 1.92. The molecule has 0 spiro atoms. The van der Waals surface area contributed by atoms with Crippen molar-refractivity contribution in [2.75, 3.05) is 0 Å². The van der Waals surface area contributed by atoms with E-state index in [4.69, 9.17) is 11.6 Å². The van der Waals surface area contributed by atoms with Crippen molar-refractivity contribution in [3.05, 3.63) is 23.0 Å². The van der Waals surface area contributed by atoms with Crippen molar-refractivity contribution < 1.29 is 0 Å². The molecule has 4 heteroatoms. The SMILES string of the molecule is CC(C)c1nn(C)c2nc(Cl)ccc12. The highest BCUT2D eigenvalue weighted by Gasteiger charge is 2.12. The van der Waals surface area contributed by atoms with E-state index in [0.29, 0.717) is 11.1 Å². The third-order valence-electron chi connectivity index (χ3n) is 2.23. The zero-order valence-electron chi connectivity index (χ0n) is 8.45. The molecule has 2 aromatic rings. The van der Waals surface area contributed by atoms with E-state index < -0.39 is 0 Å². The van der Waals surface area contributed by atoms with Crippen molar-refractivity contribution in [2.24, 2.45) is 7.05 Å². The normalized spacial score (nSPS) is 11.5. The number of pyridine rings is 1. The summed E-state index contributed by atoms with van der Waals surface area (Å²) in [6, 6.07) is 3.78. The summed E-state index contributed by atoms with van der Waals surface area (Å²) in [6.07, 6.45) is 0. The molecule has 0 saturated heterocycles. The number of hydrogen-bond donors (Lipinski definition) is 0. The highest BCUT2D eigenvalue weighted by molar-refractivity contribution is 6.29. The first kappa shape index (κ1) is 9.46. The third-order valence-corrected chi connectivity index (χ3v) is 2.44. The zero-order valence-corrected chi connectivity index (χ0v) is 9.21. The number of fused-ring (bicyclic) bond motifs is 1. The van der Waals surface area contributed by atoms with Crippen molar-refractivity contribution in [1.29, 1.82) is 0 Å². The van der Waals surface area contributed by atoms with E-state index in [1.54, 1.807) is 10.7 Å². The maximum atomic E-state index is 5.83. The maximum absolute atomic E-state index is 5.83. The van der Waals surface area contributed by atoms with Crippen LogP contribution in [0.15, 0.2) is 12.1 Å². The molecule has 2 aromatic heterocycles. The van der Waals surface area contributed by atoms with Gasteiger partial charge in [0.05, 0.1) is 5.69 Å². The van der Waals surface area contributed by atoms with Gasteiger partial charge in [-0.15, -0.1) is 0 Å². The predicted octanol–water partition coefficient (Wildman–Crippen LogP) is 2.75.